The molecule has 5 heteroatoms. The van der Waals surface area contributed by atoms with Crippen LogP contribution in [0.5, 0.6) is 0 Å². The second kappa shape index (κ2) is 6.28. The summed E-state index contributed by atoms with van der Waals surface area (Å²) >= 11 is 0. The number of pyridine rings is 1. The van der Waals surface area contributed by atoms with Gasteiger partial charge < -0.3 is 15.6 Å². The zero-order valence-corrected chi connectivity index (χ0v) is 13.4. The molecule has 1 aliphatic rings. The SMILES string of the molecule is Cc1cc(C)c(CNC(=O)NC[C@H]2Cc3ccccc32)c(=O)[nH]1. The molecule has 5 nitrogen and oxygen atoms in total. The summed E-state index contributed by atoms with van der Waals surface area (Å²) in [5.41, 5.74) is 4.85. The van der Waals surface area contributed by atoms with E-state index in [1.54, 1.807) is 0 Å². The minimum atomic E-state index is -0.242. The van der Waals surface area contributed by atoms with E-state index in [-0.39, 0.29) is 18.1 Å². The fourth-order valence-corrected chi connectivity index (χ4v) is 3.09. The number of aryl methyl sites for hydroxylation is 2. The Balaban J connectivity index is 1.51. The number of aromatic amines is 1. The van der Waals surface area contributed by atoms with Crippen LogP contribution in [-0.2, 0) is 13.0 Å². The summed E-state index contributed by atoms with van der Waals surface area (Å²) in [6, 6.07) is 9.96. The van der Waals surface area contributed by atoms with E-state index in [9.17, 15) is 9.59 Å². The van der Waals surface area contributed by atoms with Crippen molar-refractivity contribution in [2.24, 2.45) is 0 Å². The number of hydrogen-bond acceptors (Lipinski definition) is 2. The normalized spacial score (nSPS) is 15.5. The van der Waals surface area contributed by atoms with Crippen LogP contribution in [0.4, 0.5) is 4.79 Å². The number of carbonyl (C=O) groups is 1. The molecule has 0 saturated carbocycles. The number of carbonyl (C=O) groups excluding carboxylic acids is 1. The molecule has 23 heavy (non-hydrogen) atoms. The van der Waals surface area contributed by atoms with Crippen molar-refractivity contribution in [2.45, 2.75) is 32.7 Å². The first kappa shape index (κ1) is 15.3. The van der Waals surface area contributed by atoms with Crippen molar-refractivity contribution < 1.29 is 4.79 Å². The van der Waals surface area contributed by atoms with Crippen LogP contribution < -0.4 is 16.2 Å². The van der Waals surface area contributed by atoms with Gasteiger partial charge in [0, 0.05) is 23.7 Å². The summed E-state index contributed by atoms with van der Waals surface area (Å²) in [5.74, 6) is 0.390. The van der Waals surface area contributed by atoms with E-state index in [4.69, 9.17) is 0 Å². The fraction of sp³-hybridized carbons (Fsp3) is 0.333. The maximum atomic E-state index is 11.9. The Labute approximate surface area is 135 Å². The summed E-state index contributed by atoms with van der Waals surface area (Å²) in [5, 5.41) is 5.64. The van der Waals surface area contributed by atoms with E-state index in [0.29, 0.717) is 18.0 Å². The lowest BCUT2D eigenvalue weighted by Gasteiger charge is -2.30. The monoisotopic (exact) mass is 311 g/mol. The molecule has 0 spiro atoms. The summed E-state index contributed by atoms with van der Waals surface area (Å²) < 4.78 is 0. The molecule has 3 rings (SSSR count). The number of urea groups is 1. The highest BCUT2D eigenvalue weighted by molar-refractivity contribution is 5.74. The van der Waals surface area contributed by atoms with Gasteiger partial charge in [-0.1, -0.05) is 24.3 Å². The van der Waals surface area contributed by atoms with Crippen molar-refractivity contribution in [3.63, 3.8) is 0 Å². The number of fused-ring (bicyclic) bond motifs is 1. The summed E-state index contributed by atoms with van der Waals surface area (Å²) in [6.07, 6.45) is 1.01. The molecular weight excluding hydrogens is 290 g/mol. The Hall–Kier alpha value is -2.56. The van der Waals surface area contributed by atoms with Gasteiger partial charge in [0.15, 0.2) is 0 Å². The van der Waals surface area contributed by atoms with Crippen LogP contribution in [0.1, 0.15) is 33.9 Å². The summed E-state index contributed by atoms with van der Waals surface area (Å²) in [7, 11) is 0. The lowest BCUT2D eigenvalue weighted by Crippen LogP contribution is -2.40. The smallest absolute Gasteiger partial charge is 0.315 e. The van der Waals surface area contributed by atoms with Crippen molar-refractivity contribution in [3.05, 3.63) is 68.6 Å². The number of nitrogens with one attached hydrogen (secondary N) is 3. The third-order valence-electron chi connectivity index (χ3n) is 4.39. The Morgan fingerprint density at radius 1 is 1.26 bits per heavy atom. The molecular formula is C18H21N3O2. The standard InChI is InChI=1S/C18H21N3O2/c1-11-7-12(2)21-17(22)16(11)10-20-18(23)19-9-14-8-13-5-3-4-6-15(13)14/h3-7,14H,8-10H2,1-2H3,(H,21,22)(H2,19,20,23)/t14-/m1/s1. The highest BCUT2D eigenvalue weighted by atomic mass is 16.2. The zero-order valence-electron chi connectivity index (χ0n) is 13.4. The van der Waals surface area contributed by atoms with Gasteiger partial charge in [0.25, 0.3) is 5.56 Å². The minimum Gasteiger partial charge on any atom is -0.338 e. The van der Waals surface area contributed by atoms with Crippen molar-refractivity contribution in [3.8, 4) is 0 Å². The largest absolute Gasteiger partial charge is 0.338 e. The van der Waals surface area contributed by atoms with Crippen LogP contribution in [0.2, 0.25) is 0 Å². The van der Waals surface area contributed by atoms with Gasteiger partial charge in [-0.3, -0.25) is 4.79 Å². The number of benzene rings is 1. The second-order valence-electron chi connectivity index (χ2n) is 6.11. The van der Waals surface area contributed by atoms with Crippen LogP contribution in [0.25, 0.3) is 0 Å². The molecule has 2 amide bonds. The molecule has 0 radical (unpaired) electrons. The van der Waals surface area contributed by atoms with E-state index >= 15 is 0 Å². The molecule has 0 saturated heterocycles. The van der Waals surface area contributed by atoms with E-state index in [2.05, 4.69) is 27.8 Å². The molecule has 0 aliphatic heterocycles. The molecule has 0 fully saturated rings. The summed E-state index contributed by atoms with van der Waals surface area (Å²) in [4.78, 5) is 26.6. The third kappa shape index (κ3) is 3.28. The molecule has 120 valence electrons. The molecule has 1 heterocycles. The molecule has 0 unspecified atom stereocenters. The predicted molar refractivity (Wildman–Crippen MR) is 89.7 cm³/mol. The molecule has 1 aromatic carbocycles. The van der Waals surface area contributed by atoms with Gasteiger partial charge in [0.1, 0.15) is 0 Å². The van der Waals surface area contributed by atoms with Gasteiger partial charge in [0.05, 0.1) is 6.54 Å². The maximum absolute atomic E-state index is 11.9. The van der Waals surface area contributed by atoms with Crippen molar-refractivity contribution in [1.82, 2.24) is 15.6 Å². The third-order valence-corrected chi connectivity index (χ3v) is 4.39. The Morgan fingerprint density at radius 2 is 2.04 bits per heavy atom. The lowest BCUT2D eigenvalue weighted by molar-refractivity contribution is 0.239. The second-order valence-corrected chi connectivity index (χ2v) is 6.11. The first-order chi connectivity index (χ1) is 11.0. The molecule has 2 aromatic rings. The van der Waals surface area contributed by atoms with E-state index in [0.717, 1.165) is 17.7 Å². The van der Waals surface area contributed by atoms with Crippen molar-refractivity contribution in [2.75, 3.05) is 6.54 Å². The van der Waals surface area contributed by atoms with Crippen LogP contribution in [0, 0.1) is 13.8 Å². The van der Waals surface area contributed by atoms with Gasteiger partial charge in [-0.25, -0.2) is 4.79 Å². The van der Waals surface area contributed by atoms with Gasteiger partial charge in [-0.15, -0.1) is 0 Å². The molecule has 0 bridgehead atoms. The average molecular weight is 311 g/mol. The number of hydrogen-bond donors (Lipinski definition) is 3. The van der Waals surface area contributed by atoms with Gasteiger partial charge in [-0.05, 0) is 43.0 Å². The number of rotatable bonds is 4. The number of aromatic nitrogens is 1. The maximum Gasteiger partial charge on any atom is 0.315 e. The van der Waals surface area contributed by atoms with Crippen molar-refractivity contribution >= 4 is 6.03 Å². The van der Waals surface area contributed by atoms with E-state index < -0.39 is 0 Å². The molecule has 1 aromatic heterocycles. The van der Waals surface area contributed by atoms with E-state index in [1.165, 1.54) is 11.1 Å². The van der Waals surface area contributed by atoms with Gasteiger partial charge in [0.2, 0.25) is 0 Å². The fourth-order valence-electron chi connectivity index (χ4n) is 3.09. The quantitative estimate of drug-likeness (QED) is 0.809. The minimum absolute atomic E-state index is 0.143. The topological polar surface area (TPSA) is 74.0 Å². The van der Waals surface area contributed by atoms with E-state index in [1.807, 2.05) is 32.0 Å². The molecule has 1 atom stereocenters. The van der Waals surface area contributed by atoms with Crippen LogP contribution in [0.3, 0.4) is 0 Å². The predicted octanol–water partition coefficient (Wildman–Crippen LogP) is 2.13. The highest BCUT2D eigenvalue weighted by Crippen LogP contribution is 2.33. The Morgan fingerprint density at radius 3 is 2.78 bits per heavy atom. The van der Waals surface area contributed by atoms with Crippen LogP contribution in [-0.4, -0.2) is 17.6 Å². The first-order valence-electron chi connectivity index (χ1n) is 7.83. The van der Waals surface area contributed by atoms with Gasteiger partial charge in [-0.2, -0.15) is 0 Å². The number of H-pyrrole nitrogens is 1. The molecule has 3 N–H and O–H groups in total. The summed E-state index contributed by atoms with van der Waals surface area (Å²) in [6.45, 7) is 4.57. The van der Waals surface area contributed by atoms with Crippen LogP contribution in [0.15, 0.2) is 35.1 Å². The number of amides is 2. The zero-order chi connectivity index (χ0) is 16.4. The molecule has 1 aliphatic carbocycles. The Bertz CT molecular complexity index is 795. The first-order valence-corrected chi connectivity index (χ1v) is 7.83. The van der Waals surface area contributed by atoms with Crippen LogP contribution >= 0.6 is 0 Å². The van der Waals surface area contributed by atoms with Crippen molar-refractivity contribution in [1.29, 1.82) is 0 Å². The lowest BCUT2D eigenvalue weighted by atomic mass is 9.78. The van der Waals surface area contributed by atoms with Gasteiger partial charge >= 0.3 is 6.03 Å². The Kier molecular flexibility index (Phi) is 4.19. The highest BCUT2D eigenvalue weighted by Gasteiger charge is 2.25. The average Bonchev–Trinajstić information content (AvgIpc) is 2.47.